The number of thioether (sulfide) groups is 1. The maximum Gasteiger partial charge on any atom is 0.277 e. The summed E-state index contributed by atoms with van der Waals surface area (Å²) in [6, 6.07) is 17.9. The Morgan fingerprint density at radius 2 is 1.86 bits per heavy atom. The minimum Gasteiger partial charge on any atom is -0.416 e. The van der Waals surface area contributed by atoms with E-state index in [1.165, 1.54) is 16.5 Å². The second-order valence-corrected chi connectivity index (χ2v) is 8.13. The molecule has 2 heterocycles. The van der Waals surface area contributed by atoms with Gasteiger partial charge in [-0.1, -0.05) is 54.2 Å². The Kier molecular flexibility index (Phi) is 5.98. The summed E-state index contributed by atoms with van der Waals surface area (Å²) in [5.41, 5.74) is 2.08. The highest BCUT2D eigenvalue weighted by Gasteiger charge is 2.11. The van der Waals surface area contributed by atoms with Crippen LogP contribution in [0.4, 0.5) is 0 Å². The number of nitrogens with one attached hydrogen (secondary N) is 1. The summed E-state index contributed by atoms with van der Waals surface area (Å²) in [5, 5.41) is 12.4. The van der Waals surface area contributed by atoms with Crippen LogP contribution in [0.15, 0.2) is 64.2 Å². The predicted molar refractivity (Wildman–Crippen MR) is 110 cm³/mol. The van der Waals surface area contributed by atoms with Crippen LogP contribution in [0.1, 0.15) is 16.5 Å². The summed E-state index contributed by atoms with van der Waals surface area (Å²) < 4.78 is 6.81. The molecule has 2 aromatic carbocycles. The van der Waals surface area contributed by atoms with Gasteiger partial charge < -0.3 is 9.73 Å². The first-order valence-corrected chi connectivity index (χ1v) is 10.7. The summed E-state index contributed by atoms with van der Waals surface area (Å²) in [4.78, 5) is 16.6. The van der Waals surface area contributed by atoms with Crippen molar-refractivity contribution in [1.29, 1.82) is 0 Å². The van der Waals surface area contributed by atoms with E-state index in [2.05, 4.69) is 26.6 Å². The number of nitrogens with zero attached hydrogens (tertiary/aromatic N) is 3. The van der Waals surface area contributed by atoms with Crippen LogP contribution in [0, 0.1) is 0 Å². The van der Waals surface area contributed by atoms with Gasteiger partial charge in [-0.3, -0.25) is 4.79 Å². The van der Waals surface area contributed by atoms with E-state index in [0.717, 1.165) is 22.5 Å². The Morgan fingerprint density at radius 1 is 1.04 bits per heavy atom. The highest BCUT2D eigenvalue weighted by atomic mass is 32.2. The Bertz CT molecular complexity index is 1030. The van der Waals surface area contributed by atoms with Crippen LogP contribution in [0.25, 0.3) is 10.2 Å². The standard InChI is InChI=1S/C20H18N4O2S2/c25-17(21-12-14-6-2-1-3-7-14)13-27-20-24-23-18(26-20)10-11-19-22-15-8-4-5-9-16(15)28-19/h1-9H,10-13H2,(H,21,25). The molecule has 0 radical (unpaired) electrons. The Hall–Kier alpha value is -2.71. The van der Waals surface area contributed by atoms with E-state index in [-0.39, 0.29) is 11.7 Å². The van der Waals surface area contributed by atoms with Crippen molar-refractivity contribution in [2.24, 2.45) is 0 Å². The van der Waals surface area contributed by atoms with E-state index in [4.69, 9.17) is 4.42 Å². The lowest BCUT2D eigenvalue weighted by molar-refractivity contribution is -0.118. The molecular formula is C20H18N4O2S2. The van der Waals surface area contributed by atoms with Crippen molar-refractivity contribution < 1.29 is 9.21 Å². The highest BCUT2D eigenvalue weighted by molar-refractivity contribution is 7.99. The molecule has 0 saturated carbocycles. The van der Waals surface area contributed by atoms with Crippen molar-refractivity contribution >= 4 is 39.2 Å². The van der Waals surface area contributed by atoms with Crippen LogP contribution in [0.2, 0.25) is 0 Å². The molecule has 28 heavy (non-hydrogen) atoms. The van der Waals surface area contributed by atoms with E-state index < -0.39 is 0 Å². The van der Waals surface area contributed by atoms with Gasteiger partial charge in [0.1, 0.15) is 0 Å². The van der Waals surface area contributed by atoms with E-state index in [1.54, 1.807) is 11.3 Å². The van der Waals surface area contributed by atoms with Gasteiger partial charge >= 0.3 is 0 Å². The Morgan fingerprint density at radius 3 is 2.71 bits per heavy atom. The van der Waals surface area contributed by atoms with Gasteiger partial charge in [0.25, 0.3) is 5.22 Å². The molecule has 0 bridgehead atoms. The zero-order valence-electron chi connectivity index (χ0n) is 15.0. The number of para-hydroxylation sites is 1. The molecule has 8 heteroatoms. The third-order valence-corrected chi connectivity index (χ3v) is 5.91. The molecule has 4 aromatic rings. The second kappa shape index (κ2) is 8.99. The maximum atomic E-state index is 12.0. The number of aromatic nitrogens is 3. The molecule has 6 nitrogen and oxygen atoms in total. The Balaban J connectivity index is 1.23. The lowest BCUT2D eigenvalue weighted by Crippen LogP contribution is -2.24. The van der Waals surface area contributed by atoms with E-state index in [1.807, 2.05) is 48.5 Å². The van der Waals surface area contributed by atoms with Crippen LogP contribution < -0.4 is 5.32 Å². The first-order chi connectivity index (χ1) is 13.8. The maximum absolute atomic E-state index is 12.0. The monoisotopic (exact) mass is 410 g/mol. The van der Waals surface area contributed by atoms with Crippen molar-refractivity contribution in [2.75, 3.05) is 5.75 Å². The van der Waals surface area contributed by atoms with Gasteiger partial charge in [0, 0.05) is 19.4 Å². The van der Waals surface area contributed by atoms with Crippen molar-refractivity contribution in [2.45, 2.75) is 24.6 Å². The molecule has 0 aliphatic heterocycles. The zero-order chi connectivity index (χ0) is 19.2. The molecule has 0 aliphatic rings. The number of rotatable bonds is 8. The molecule has 0 aliphatic carbocycles. The molecule has 0 atom stereocenters. The van der Waals surface area contributed by atoms with Crippen LogP contribution >= 0.6 is 23.1 Å². The second-order valence-electron chi connectivity index (χ2n) is 6.09. The van der Waals surface area contributed by atoms with Gasteiger partial charge in [0.2, 0.25) is 11.8 Å². The molecule has 142 valence electrons. The number of hydrogen-bond acceptors (Lipinski definition) is 7. The minimum atomic E-state index is -0.0666. The van der Waals surface area contributed by atoms with E-state index >= 15 is 0 Å². The SMILES string of the molecule is O=C(CSc1nnc(CCc2nc3ccccc3s2)o1)NCc1ccccc1. The highest BCUT2D eigenvalue weighted by Crippen LogP contribution is 2.23. The average molecular weight is 411 g/mol. The van der Waals surface area contributed by atoms with Crippen LogP contribution in [0.3, 0.4) is 0 Å². The third kappa shape index (κ3) is 4.96. The fourth-order valence-corrected chi connectivity index (χ4v) is 4.19. The average Bonchev–Trinajstić information content (AvgIpc) is 3.36. The van der Waals surface area contributed by atoms with Crippen molar-refractivity contribution in [3.8, 4) is 0 Å². The molecule has 4 rings (SSSR count). The lowest BCUT2D eigenvalue weighted by atomic mass is 10.2. The smallest absolute Gasteiger partial charge is 0.277 e. The number of hydrogen-bond donors (Lipinski definition) is 1. The van der Waals surface area contributed by atoms with Gasteiger partial charge in [-0.05, 0) is 17.7 Å². The number of aryl methyl sites for hydroxylation is 2. The normalized spacial score (nSPS) is 11.0. The molecule has 0 unspecified atom stereocenters. The van der Waals surface area contributed by atoms with Crippen LogP contribution in [-0.2, 0) is 24.2 Å². The first-order valence-electron chi connectivity index (χ1n) is 8.86. The molecule has 0 spiro atoms. The van der Waals surface area contributed by atoms with Gasteiger partial charge in [-0.2, -0.15) is 0 Å². The molecule has 1 N–H and O–H groups in total. The summed E-state index contributed by atoms with van der Waals surface area (Å²) in [7, 11) is 0. The van der Waals surface area contributed by atoms with E-state index in [0.29, 0.717) is 24.1 Å². The van der Waals surface area contributed by atoms with Crippen LogP contribution in [-0.4, -0.2) is 26.8 Å². The van der Waals surface area contributed by atoms with Gasteiger partial charge in [-0.15, -0.1) is 21.5 Å². The molecule has 1 amide bonds. The van der Waals surface area contributed by atoms with Crippen molar-refractivity contribution in [1.82, 2.24) is 20.5 Å². The summed E-state index contributed by atoms with van der Waals surface area (Å²) >= 11 is 2.93. The number of carbonyl (C=O) groups is 1. The van der Waals surface area contributed by atoms with Gasteiger partial charge in [0.05, 0.1) is 21.0 Å². The zero-order valence-corrected chi connectivity index (χ0v) is 16.6. The van der Waals surface area contributed by atoms with Gasteiger partial charge in [-0.25, -0.2) is 4.98 Å². The number of thiazole rings is 1. The third-order valence-electron chi connectivity index (χ3n) is 4.00. The van der Waals surface area contributed by atoms with Crippen molar-refractivity contribution in [3.05, 3.63) is 71.1 Å². The predicted octanol–water partition coefficient (Wildman–Crippen LogP) is 3.87. The topological polar surface area (TPSA) is 80.9 Å². The minimum absolute atomic E-state index is 0.0666. The summed E-state index contributed by atoms with van der Waals surface area (Å²) in [6.45, 7) is 0.511. The van der Waals surface area contributed by atoms with Gasteiger partial charge in [0.15, 0.2) is 0 Å². The fraction of sp³-hybridized carbons (Fsp3) is 0.200. The van der Waals surface area contributed by atoms with Crippen molar-refractivity contribution in [3.63, 3.8) is 0 Å². The van der Waals surface area contributed by atoms with Crippen LogP contribution in [0.5, 0.6) is 0 Å². The molecule has 0 saturated heterocycles. The largest absolute Gasteiger partial charge is 0.416 e. The van der Waals surface area contributed by atoms with E-state index in [9.17, 15) is 4.79 Å². The Labute approximate surface area is 170 Å². The molecule has 0 fully saturated rings. The summed E-state index contributed by atoms with van der Waals surface area (Å²) in [5.74, 6) is 0.737. The number of amides is 1. The summed E-state index contributed by atoms with van der Waals surface area (Å²) in [6.07, 6.45) is 1.39. The first kappa shape index (κ1) is 18.6. The lowest BCUT2D eigenvalue weighted by Gasteiger charge is -2.03. The quantitative estimate of drug-likeness (QED) is 0.444. The number of benzene rings is 2. The number of carbonyl (C=O) groups excluding carboxylic acids is 1. The number of fused-ring (bicyclic) bond motifs is 1. The molecular weight excluding hydrogens is 392 g/mol. The molecule has 2 aromatic heterocycles. The fourth-order valence-electron chi connectivity index (χ4n) is 2.61.